The molecule has 1 aromatic carbocycles. The van der Waals surface area contributed by atoms with E-state index in [4.69, 9.17) is 5.73 Å². The van der Waals surface area contributed by atoms with Crippen molar-refractivity contribution in [2.75, 3.05) is 26.7 Å². The van der Waals surface area contributed by atoms with Crippen LogP contribution in [0.1, 0.15) is 12.5 Å². The minimum Gasteiger partial charge on any atom is -0.468 e. The van der Waals surface area contributed by atoms with Crippen molar-refractivity contribution < 1.29 is 17.9 Å². The number of carbonyl (C=O) groups excluding carboxylic acids is 1. The smallest absolute Gasteiger partial charge is 0.321 e. The first-order chi connectivity index (χ1) is 9.97. The molecule has 0 aromatic heterocycles. The van der Waals surface area contributed by atoms with Gasteiger partial charge in [-0.2, -0.15) is 4.31 Å². The number of ether oxygens (including phenoxy) is 1. The summed E-state index contributed by atoms with van der Waals surface area (Å²) in [6.45, 7) is 1.59. The van der Waals surface area contributed by atoms with Crippen LogP contribution in [0.2, 0.25) is 0 Å². The minimum atomic E-state index is -3.83. The van der Waals surface area contributed by atoms with Crippen molar-refractivity contribution >= 4 is 16.0 Å². The van der Waals surface area contributed by atoms with Crippen LogP contribution in [-0.2, 0) is 19.6 Å². The predicted molar refractivity (Wildman–Crippen MR) is 78.8 cm³/mol. The molecule has 0 aliphatic heterocycles. The van der Waals surface area contributed by atoms with Crippen LogP contribution in [0.25, 0.3) is 0 Å². The Balaban J connectivity index is 3.26. The second-order valence-electron chi connectivity index (χ2n) is 4.01. The van der Waals surface area contributed by atoms with Gasteiger partial charge in [-0.05, 0) is 12.1 Å². The molecule has 0 saturated carbocycles. The molecule has 0 aliphatic carbocycles. The summed E-state index contributed by atoms with van der Waals surface area (Å²) in [7, 11) is -2.62. The predicted octanol–water partition coefficient (Wildman–Crippen LogP) is 0.180. The van der Waals surface area contributed by atoms with Gasteiger partial charge in [-0.1, -0.05) is 30.9 Å². The molecule has 1 aromatic rings. The van der Waals surface area contributed by atoms with Crippen LogP contribution >= 0.6 is 0 Å². The molecule has 0 fully saturated rings. The van der Waals surface area contributed by atoms with Gasteiger partial charge in [0.15, 0.2) is 0 Å². The maximum absolute atomic E-state index is 12.6. The zero-order chi connectivity index (χ0) is 15.9. The molecule has 0 unspecified atom stereocenters. The van der Waals surface area contributed by atoms with E-state index in [0.29, 0.717) is 5.56 Å². The van der Waals surface area contributed by atoms with E-state index in [2.05, 4.69) is 16.6 Å². The largest absolute Gasteiger partial charge is 0.468 e. The number of hydrogen-bond donors (Lipinski definition) is 1. The zero-order valence-corrected chi connectivity index (χ0v) is 12.8. The Hall–Kier alpha value is -1.88. The fourth-order valence-corrected chi connectivity index (χ4v) is 3.20. The van der Waals surface area contributed by atoms with Crippen molar-refractivity contribution in [2.45, 2.75) is 11.8 Å². The molecule has 1 rings (SSSR count). The van der Waals surface area contributed by atoms with Crippen molar-refractivity contribution in [3.8, 4) is 11.8 Å². The summed E-state index contributed by atoms with van der Waals surface area (Å²) in [6, 6.07) is 6.35. The number of sulfonamides is 1. The van der Waals surface area contributed by atoms with Crippen LogP contribution in [0.4, 0.5) is 0 Å². The van der Waals surface area contributed by atoms with E-state index in [-0.39, 0.29) is 24.5 Å². The Morgan fingerprint density at radius 2 is 2.05 bits per heavy atom. The standard InChI is InChI=1S/C14H18N2O4S/c1-3-16(11-14(17)20-2)21(18,19)13-9-5-4-7-12(13)8-6-10-15/h4-5,7,9H,3,10-11,15H2,1-2H3. The third-order valence-electron chi connectivity index (χ3n) is 2.72. The summed E-state index contributed by atoms with van der Waals surface area (Å²) in [5.74, 6) is 4.74. The van der Waals surface area contributed by atoms with Crippen molar-refractivity contribution in [3.63, 3.8) is 0 Å². The number of rotatable bonds is 5. The monoisotopic (exact) mass is 310 g/mol. The molecule has 0 bridgehead atoms. The number of nitrogens with two attached hydrogens (primary N) is 1. The first-order valence-corrected chi connectivity index (χ1v) is 7.76. The molecule has 114 valence electrons. The number of esters is 1. The molecule has 0 amide bonds. The molecule has 0 heterocycles. The third-order valence-corrected chi connectivity index (χ3v) is 4.69. The second kappa shape index (κ2) is 7.78. The highest BCUT2D eigenvalue weighted by molar-refractivity contribution is 7.89. The molecule has 0 atom stereocenters. The number of nitrogens with zero attached hydrogens (tertiary/aromatic N) is 1. The molecule has 7 heteroatoms. The van der Waals surface area contributed by atoms with Gasteiger partial charge in [0, 0.05) is 12.1 Å². The van der Waals surface area contributed by atoms with E-state index in [1.165, 1.54) is 13.2 Å². The Morgan fingerprint density at radius 1 is 1.38 bits per heavy atom. The quantitative estimate of drug-likeness (QED) is 0.619. The fraction of sp³-hybridized carbons (Fsp3) is 0.357. The molecule has 0 saturated heterocycles. The maximum atomic E-state index is 12.6. The van der Waals surface area contributed by atoms with Crippen molar-refractivity contribution in [3.05, 3.63) is 29.8 Å². The lowest BCUT2D eigenvalue weighted by molar-refractivity contribution is -0.140. The van der Waals surface area contributed by atoms with E-state index < -0.39 is 16.0 Å². The Labute approximate surface area is 124 Å². The summed E-state index contributed by atoms with van der Waals surface area (Å²) >= 11 is 0. The second-order valence-corrected chi connectivity index (χ2v) is 5.92. The summed E-state index contributed by atoms with van der Waals surface area (Å²) < 4.78 is 30.8. The highest BCUT2D eigenvalue weighted by Crippen LogP contribution is 2.19. The van der Waals surface area contributed by atoms with Crippen LogP contribution < -0.4 is 5.73 Å². The number of carbonyl (C=O) groups is 1. The molecule has 0 spiro atoms. The van der Waals surface area contributed by atoms with Crippen molar-refractivity contribution in [1.29, 1.82) is 0 Å². The Kier molecular flexibility index (Phi) is 6.37. The van der Waals surface area contributed by atoms with Crippen LogP contribution in [0.5, 0.6) is 0 Å². The SMILES string of the molecule is CCN(CC(=O)OC)S(=O)(=O)c1ccccc1C#CCN. The first kappa shape index (κ1) is 17.2. The van der Waals surface area contributed by atoms with Gasteiger partial charge in [-0.15, -0.1) is 0 Å². The molecular weight excluding hydrogens is 292 g/mol. The van der Waals surface area contributed by atoms with E-state index in [1.54, 1.807) is 25.1 Å². The molecule has 2 N–H and O–H groups in total. The fourth-order valence-electron chi connectivity index (χ4n) is 1.66. The van der Waals surface area contributed by atoms with Gasteiger partial charge in [0.25, 0.3) is 0 Å². The summed E-state index contributed by atoms with van der Waals surface area (Å²) in [5, 5.41) is 0. The molecule has 0 aliphatic rings. The summed E-state index contributed by atoms with van der Waals surface area (Å²) in [5.41, 5.74) is 5.66. The van der Waals surface area contributed by atoms with Gasteiger partial charge in [0.05, 0.1) is 18.6 Å². The van der Waals surface area contributed by atoms with Crippen molar-refractivity contribution in [2.24, 2.45) is 5.73 Å². The number of methoxy groups -OCH3 is 1. The number of hydrogen-bond acceptors (Lipinski definition) is 5. The Morgan fingerprint density at radius 3 is 2.62 bits per heavy atom. The molecule has 0 radical (unpaired) electrons. The topological polar surface area (TPSA) is 89.7 Å². The van der Waals surface area contributed by atoms with Gasteiger partial charge < -0.3 is 10.5 Å². The molecule has 21 heavy (non-hydrogen) atoms. The van der Waals surface area contributed by atoms with Crippen LogP contribution in [0.3, 0.4) is 0 Å². The highest BCUT2D eigenvalue weighted by Gasteiger charge is 2.27. The zero-order valence-electron chi connectivity index (χ0n) is 12.0. The van der Waals surface area contributed by atoms with E-state index in [1.807, 2.05) is 0 Å². The van der Waals surface area contributed by atoms with Crippen LogP contribution in [-0.4, -0.2) is 45.4 Å². The minimum absolute atomic E-state index is 0.0525. The summed E-state index contributed by atoms with van der Waals surface area (Å²) in [4.78, 5) is 11.4. The van der Waals surface area contributed by atoms with Crippen LogP contribution in [0.15, 0.2) is 29.2 Å². The Bertz CT molecular complexity index is 659. The highest BCUT2D eigenvalue weighted by atomic mass is 32.2. The summed E-state index contributed by atoms with van der Waals surface area (Å²) in [6.07, 6.45) is 0. The third kappa shape index (κ3) is 4.29. The maximum Gasteiger partial charge on any atom is 0.321 e. The lowest BCUT2D eigenvalue weighted by Crippen LogP contribution is -2.36. The van der Waals surface area contributed by atoms with E-state index >= 15 is 0 Å². The van der Waals surface area contributed by atoms with E-state index in [9.17, 15) is 13.2 Å². The average Bonchev–Trinajstić information content (AvgIpc) is 2.50. The van der Waals surface area contributed by atoms with Gasteiger partial charge in [0.2, 0.25) is 10.0 Å². The van der Waals surface area contributed by atoms with E-state index in [0.717, 1.165) is 4.31 Å². The lowest BCUT2D eigenvalue weighted by atomic mass is 10.2. The van der Waals surface area contributed by atoms with Gasteiger partial charge >= 0.3 is 5.97 Å². The normalized spacial score (nSPS) is 10.9. The average molecular weight is 310 g/mol. The van der Waals surface area contributed by atoms with Crippen LogP contribution in [0, 0.1) is 11.8 Å². The number of benzene rings is 1. The van der Waals surface area contributed by atoms with Gasteiger partial charge in [-0.3, -0.25) is 4.79 Å². The van der Waals surface area contributed by atoms with Gasteiger partial charge in [0.1, 0.15) is 6.54 Å². The number of likely N-dealkylation sites (N-methyl/N-ethyl adjacent to an activating group) is 1. The molecule has 6 nitrogen and oxygen atoms in total. The first-order valence-electron chi connectivity index (χ1n) is 6.32. The lowest BCUT2D eigenvalue weighted by Gasteiger charge is -2.19. The van der Waals surface area contributed by atoms with Gasteiger partial charge in [-0.25, -0.2) is 8.42 Å². The molecular formula is C14H18N2O4S. The van der Waals surface area contributed by atoms with Crippen molar-refractivity contribution in [1.82, 2.24) is 4.31 Å².